The Balaban J connectivity index is 2.50. The van der Waals surface area contributed by atoms with Crippen molar-refractivity contribution in [2.45, 2.75) is 6.54 Å². The van der Waals surface area contributed by atoms with Gasteiger partial charge in [0.2, 0.25) is 5.91 Å². The number of nitro groups is 1. The molecule has 1 heterocycles. The third kappa shape index (κ3) is 2.90. The number of hydrogen-bond acceptors (Lipinski definition) is 4. The summed E-state index contributed by atoms with van der Waals surface area (Å²) in [6, 6.07) is 0. The number of nitrogens with zero attached hydrogens (tertiary/aromatic N) is 3. The summed E-state index contributed by atoms with van der Waals surface area (Å²) in [6.07, 6.45) is 3.97. The van der Waals surface area contributed by atoms with Crippen molar-refractivity contribution in [3.8, 4) is 0 Å². The summed E-state index contributed by atoms with van der Waals surface area (Å²) < 4.78 is 1.35. The number of carbonyl (C=O) groups excluding carboxylic acids is 1. The lowest BCUT2D eigenvalue weighted by molar-refractivity contribution is -0.396. The van der Waals surface area contributed by atoms with Crippen LogP contribution in [0.15, 0.2) is 25.0 Å². The lowest BCUT2D eigenvalue weighted by Gasteiger charge is -2.02. The fourth-order valence-electron chi connectivity index (χ4n) is 1.02. The average molecular weight is 210 g/mol. The van der Waals surface area contributed by atoms with Crippen LogP contribution in [0.1, 0.15) is 0 Å². The molecule has 0 aliphatic heterocycles. The highest BCUT2D eigenvalue weighted by molar-refractivity contribution is 5.86. The van der Waals surface area contributed by atoms with Crippen molar-refractivity contribution < 1.29 is 9.72 Å². The fourth-order valence-corrected chi connectivity index (χ4v) is 1.02. The highest BCUT2D eigenvalue weighted by Gasteiger charge is 2.12. The Morgan fingerprint density at radius 3 is 3.13 bits per heavy atom. The Morgan fingerprint density at radius 2 is 2.53 bits per heavy atom. The van der Waals surface area contributed by atoms with Gasteiger partial charge in [-0.05, 0) is 11.0 Å². The van der Waals surface area contributed by atoms with Crippen molar-refractivity contribution in [3.63, 3.8) is 0 Å². The second-order valence-corrected chi connectivity index (χ2v) is 2.67. The van der Waals surface area contributed by atoms with Gasteiger partial charge >= 0.3 is 5.95 Å². The van der Waals surface area contributed by atoms with Crippen LogP contribution in [-0.4, -0.2) is 26.9 Å². The van der Waals surface area contributed by atoms with Crippen molar-refractivity contribution >= 4 is 11.9 Å². The van der Waals surface area contributed by atoms with Gasteiger partial charge in [-0.25, -0.2) is 4.57 Å². The molecule has 0 aliphatic rings. The minimum absolute atomic E-state index is 0.233. The minimum Gasteiger partial charge on any atom is -0.390 e. The Labute approximate surface area is 85.6 Å². The summed E-state index contributed by atoms with van der Waals surface area (Å²) in [5.74, 6) is -0.541. The largest absolute Gasteiger partial charge is 0.434 e. The maximum atomic E-state index is 10.8. The molecule has 7 nitrogen and oxygen atoms in total. The highest BCUT2D eigenvalue weighted by atomic mass is 16.6. The van der Waals surface area contributed by atoms with Crippen LogP contribution in [-0.2, 0) is 11.3 Å². The molecule has 80 valence electrons. The van der Waals surface area contributed by atoms with E-state index in [-0.39, 0.29) is 11.9 Å². The molecule has 7 heteroatoms. The average Bonchev–Trinajstić information content (AvgIpc) is 2.65. The molecule has 1 N–H and O–H groups in total. The van der Waals surface area contributed by atoms with Gasteiger partial charge in [0, 0.05) is 6.54 Å². The van der Waals surface area contributed by atoms with E-state index in [4.69, 9.17) is 0 Å². The molecule has 0 saturated heterocycles. The summed E-state index contributed by atoms with van der Waals surface area (Å²) in [7, 11) is 0. The molecular formula is C8H10N4O3. The van der Waals surface area contributed by atoms with Gasteiger partial charge in [-0.3, -0.25) is 4.79 Å². The zero-order valence-corrected chi connectivity index (χ0v) is 7.92. The molecule has 0 spiro atoms. The van der Waals surface area contributed by atoms with Gasteiger partial charge in [-0.2, -0.15) is 0 Å². The van der Waals surface area contributed by atoms with Gasteiger partial charge in [0.15, 0.2) is 0 Å². The van der Waals surface area contributed by atoms with Crippen molar-refractivity contribution in [1.82, 2.24) is 14.9 Å². The molecule has 15 heavy (non-hydrogen) atoms. The third-order valence-corrected chi connectivity index (χ3v) is 1.69. The van der Waals surface area contributed by atoms with Crippen molar-refractivity contribution in [2.75, 3.05) is 6.54 Å². The van der Waals surface area contributed by atoms with Crippen molar-refractivity contribution in [3.05, 3.63) is 35.2 Å². The van der Waals surface area contributed by atoms with Gasteiger partial charge in [-0.15, -0.1) is 0 Å². The first-order valence-corrected chi connectivity index (χ1v) is 4.21. The zero-order chi connectivity index (χ0) is 11.3. The van der Waals surface area contributed by atoms with E-state index >= 15 is 0 Å². The van der Waals surface area contributed by atoms with Crippen LogP contribution in [0.2, 0.25) is 0 Å². The van der Waals surface area contributed by atoms with E-state index in [9.17, 15) is 14.9 Å². The molecule has 0 unspecified atom stereocenters. The molecule has 0 atom stereocenters. The van der Waals surface area contributed by atoms with E-state index in [1.165, 1.54) is 17.0 Å². The van der Waals surface area contributed by atoms with E-state index in [0.717, 1.165) is 6.08 Å². The third-order valence-electron chi connectivity index (χ3n) is 1.69. The summed E-state index contributed by atoms with van der Waals surface area (Å²) >= 11 is 0. The minimum atomic E-state index is -0.574. The van der Waals surface area contributed by atoms with E-state index < -0.39 is 4.92 Å². The second kappa shape index (κ2) is 4.89. The molecule has 0 aliphatic carbocycles. The van der Waals surface area contributed by atoms with Gasteiger partial charge in [0.1, 0.15) is 12.4 Å². The molecule has 0 aromatic carbocycles. The summed E-state index contributed by atoms with van der Waals surface area (Å²) in [4.78, 5) is 24.2. The molecule has 1 aromatic heterocycles. The normalized spacial score (nSPS) is 9.60. The number of nitrogens with one attached hydrogen (secondary N) is 1. The van der Waals surface area contributed by atoms with Crippen LogP contribution in [0.4, 0.5) is 5.95 Å². The number of carbonyl (C=O) groups is 1. The van der Waals surface area contributed by atoms with Crippen LogP contribution in [0.5, 0.6) is 0 Å². The SMILES string of the molecule is C=CC(=O)NCCn1ccnc1[N+](=O)[O-]. The van der Waals surface area contributed by atoms with E-state index in [2.05, 4.69) is 16.9 Å². The van der Waals surface area contributed by atoms with Crippen LogP contribution < -0.4 is 5.32 Å². The maximum absolute atomic E-state index is 10.8. The predicted octanol–water partition coefficient (Wildman–Crippen LogP) is 0.0935. The van der Waals surface area contributed by atoms with Gasteiger partial charge in [0.25, 0.3) is 0 Å². The Kier molecular flexibility index (Phi) is 3.55. The number of amides is 1. The standard InChI is InChI=1S/C8H10N4O3/c1-2-7(13)9-3-5-11-6-4-10-8(11)12(14)15/h2,4,6H,1,3,5H2,(H,9,13). The van der Waals surface area contributed by atoms with E-state index in [1.807, 2.05) is 0 Å². The Hall–Kier alpha value is -2.18. The van der Waals surface area contributed by atoms with Crippen LogP contribution in [0, 0.1) is 10.1 Å². The number of hydrogen-bond donors (Lipinski definition) is 1. The van der Waals surface area contributed by atoms with Gasteiger partial charge in [-0.1, -0.05) is 11.6 Å². The fraction of sp³-hybridized carbons (Fsp3) is 0.250. The van der Waals surface area contributed by atoms with Crippen molar-refractivity contribution in [2.24, 2.45) is 0 Å². The van der Waals surface area contributed by atoms with Crippen LogP contribution >= 0.6 is 0 Å². The predicted molar refractivity (Wildman–Crippen MR) is 52.1 cm³/mol. The maximum Gasteiger partial charge on any atom is 0.434 e. The quantitative estimate of drug-likeness (QED) is 0.423. The van der Waals surface area contributed by atoms with E-state index in [0.29, 0.717) is 13.1 Å². The van der Waals surface area contributed by atoms with Gasteiger partial charge < -0.3 is 15.4 Å². The monoisotopic (exact) mass is 210 g/mol. The summed E-state index contributed by atoms with van der Waals surface area (Å²) in [5.41, 5.74) is 0. The molecule has 0 bridgehead atoms. The van der Waals surface area contributed by atoms with E-state index in [1.54, 1.807) is 0 Å². The van der Waals surface area contributed by atoms with Gasteiger partial charge in [0.05, 0.1) is 6.54 Å². The summed E-state index contributed by atoms with van der Waals surface area (Å²) in [6.45, 7) is 3.88. The van der Waals surface area contributed by atoms with Crippen LogP contribution in [0.3, 0.4) is 0 Å². The Morgan fingerprint density at radius 1 is 1.80 bits per heavy atom. The molecule has 0 saturated carbocycles. The summed E-state index contributed by atoms with van der Waals surface area (Å²) in [5, 5.41) is 13.0. The molecule has 0 fully saturated rings. The topological polar surface area (TPSA) is 90.1 Å². The van der Waals surface area contributed by atoms with Crippen molar-refractivity contribution in [1.29, 1.82) is 0 Å². The molecule has 1 aromatic rings. The number of imidazole rings is 1. The lowest BCUT2D eigenvalue weighted by atomic mass is 10.5. The smallest absolute Gasteiger partial charge is 0.390 e. The molecular weight excluding hydrogens is 200 g/mol. The lowest BCUT2D eigenvalue weighted by Crippen LogP contribution is -2.25. The number of aromatic nitrogens is 2. The first-order valence-electron chi connectivity index (χ1n) is 4.21. The van der Waals surface area contributed by atoms with Crippen LogP contribution in [0.25, 0.3) is 0 Å². The molecule has 1 amide bonds. The molecule has 0 radical (unpaired) electrons. The second-order valence-electron chi connectivity index (χ2n) is 2.67. The zero-order valence-electron chi connectivity index (χ0n) is 7.92. The molecule has 1 rings (SSSR count). The first-order chi connectivity index (χ1) is 7.15. The number of rotatable bonds is 5. The Bertz CT molecular complexity index is 385. The highest BCUT2D eigenvalue weighted by Crippen LogP contribution is 2.05. The first kappa shape index (κ1) is 10.9.